The van der Waals surface area contributed by atoms with E-state index in [1.54, 1.807) is 25.1 Å². The zero-order valence-electron chi connectivity index (χ0n) is 10.0. The molecule has 0 aliphatic rings. The molecule has 6 heteroatoms. The Labute approximate surface area is 109 Å². The van der Waals surface area contributed by atoms with Crippen LogP contribution in [-0.4, -0.2) is 8.42 Å². The summed E-state index contributed by atoms with van der Waals surface area (Å²) in [4.78, 5) is -0.974. The van der Waals surface area contributed by atoms with Crippen LogP contribution in [0.4, 0.5) is 14.5 Å². The predicted octanol–water partition coefficient (Wildman–Crippen LogP) is 3.07. The van der Waals surface area contributed by atoms with Crippen LogP contribution in [0.2, 0.25) is 0 Å². The number of anilines is 1. The van der Waals surface area contributed by atoms with Gasteiger partial charge in [0.05, 0.1) is 5.69 Å². The van der Waals surface area contributed by atoms with Crippen molar-refractivity contribution in [3.05, 3.63) is 59.7 Å². The lowest BCUT2D eigenvalue weighted by Crippen LogP contribution is -2.17. The normalized spacial score (nSPS) is 11.3. The zero-order chi connectivity index (χ0) is 14.0. The monoisotopic (exact) mass is 283 g/mol. The number of hydrogen-bond acceptors (Lipinski definition) is 2. The minimum atomic E-state index is -4.30. The molecule has 0 heterocycles. The summed E-state index contributed by atoms with van der Waals surface area (Å²) in [6.07, 6.45) is 0. The average Bonchev–Trinajstić information content (AvgIpc) is 2.31. The highest BCUT2D eigenvalue weighted by atomic mass is 32.2. The van der Waals surface area contributed by atoms with E-state index in [1.165, 1.54) is 6.07 Å². The van der Waals surface area contributed by atoms with E-state index in [4.69, 9.17) is 0 Å². The lowest BCUT2D eigenvalue weighted by Gasteiger charge is -2.11. The third kappa shape index (κ3) is 2.73. The first-order chi connectivity index (χ1) is 8.92. The molecule has 0 fully saturated rings. The Hall–Kier alpha value is -1.95. The van der Waals surface area contributed by atoms with E-state index in [9.17, 15) is 17.2 Å². The van der Waals surface area contributed by atoms with Crippen LogP contribution in [0.15, 0.2) is 47.4 Å². The molecule has 0 amide bonds. The maximum atomic E-state index is 13.5. The summed E-state index contributed by atoms with van der Waals surface area (Å²) in [6, 6.07) is 9.48. The molecule has 0 saturated heterocycles. The van der Waals surface area contributed by atoms with E-state index >= 15 is 0 Å². The Morgan fingerprint density at radius 2 is 1.53 bits per heavy atom. The van der Waals surface area contributed by atoms with Crippen molar-refractivity contribution in [1.29, 1.82) is 0 Å². The number of rotatable bonds is 3. The number of halogens is 2. The molecule has 0 aromatic heterocycles. The Bertz CT molecular complexity index is 694. The van der Waals surface area contributed by atoms with Crippen LogP contribution in [0.1, 0.15) is 5.56 Å². The summed E-state index contributed by atoms with van der Waals surface area (Å²) >= 11 is 0. The second kappa shape index (κ2) is 4.97. The molecular weight excluding hydrogens is 272 g/mol. The Morgan fingerprint density at radius 3 is 2.11 bits per heavy atom. The summed E-state index contributed by atoms with van der Waals surface area (Å²) in [5.74, 6) is -2.25. The number of nitrogens with one attached hydrogen (secondary N) is 1. The molecular formula is C13H11F2NO2S. The van der Waals surface area contributed by atoms with Crippen LogP contribution in [0.25, 0.3) is 0 Å². The van der Waals surface area contributed by atoms with Crippen LogP contribution >= 0.6 is 0 Å². The molecule has 0 aliphatic heterocycles. The van der Waals surface area contributed by atoms with E-state index < -0.39 is 26.6 Å². The molecule has 3 nitrogen and oxygen atoms in total. The fourth-order valence-electron chi connectivity index (χ4n) is 1.62. The van der Waals surface area contributed by atoms with Gasteiger partial charge in [-0.25, -0.2) is 17.2 Å². The van der Waals surface area contributed by atoms with E-state index in [0.717, 1.165) is 18.2 Å². The fraction of sp³-hybridized carbons (Fsp3) is 0.0769. The molecule has 0 spiro atoms. The topological polar surface area (TPSA) is 46.2 Å². The summed E-state index contributed by atoms with van der Waals surface area (Å²) in [5, 5.41) is 0. The van der Waals surface area contributed by atoms with E-state index in [-0.39, 0.29) is 5.69 Å². The average molecular weight is 283 g/mol. The van der Waals surface area contributed by atoms with E-state index in [0.29, 0.717) is 5.56 Å². The van der Waals surface area contributed by atoms with Gasteiger partial charge in [-0.05, 0) is 30.7 Å². The lowest BCUT2D eigenvalue weighted by molar-refractivity contribution is 0.521. The third-order valence-electron chi connectivity index (χ3n) is 2.58. The van der Waals surface area contributed by atoms with E-state index in [2.05, 4.69) is 4.72 Å². The number of hydrogen-bond donors (Lipinski definition) is 1. The molecule has 19 heavy (non-hydrogen) atoms. The third-order valence-corrected chi connectivity index (χ3v) is 3.99. The molecule has 2 aromatic carbocycles. The highest BCUT2D eigenvalue weighted by Crippen LogP contribution is 2.23. The molecule has 0 saturated carbocycles. The van der Waals surface area contributed by atoms with Gasteiger partial charge in [-0.15, -0.1) is 0 Å². The van der Waals surface area contributed by atoms with Crippen LogP contribution in [-0.2, 0) is 10.0 Å². The Balaban J connectivity index is 2.47. The van der Waals surface area contributed by atoms with E-state index in [1.807, 2.05) is 0 Å². The van der Waals surface area contributed by atoms with Crippen LogP contribution in [0.5, 0.6) is 0 Å². The SMILES string of the molecule is Cc1ccccc1NS(=O)(=O)c1c(F)cccc1F. The number of sulfonamides is 1. The first kappa shape index (κ1) is 13.5. The van der Waals surface area contributed by atoms with Gasteiger partial charge < -0.3 is 0 Å². The number of benzene rings is 2. The van der Waals surface area contributed by atoms with Gasteiger partial charge in [0.1, 0.15) is 11.6 Å². The smallest absolute Gasteiger partial charge is 0.267 e. The van der Waals surface area contributed by atoms with Gasteiger partial charge in [0, 0.05) is 0 Å². The molecule has 2 aromatic rings. The zero-order valence-corrected chi connectivity index (χ0v) is 10.8. The van der Waals surface area contributed by atoms with Crippen LogP contribution in [0, 0.1) is 18.6 Å². The van der Waals surface area contributed by atoms with Gasteiger partial charge in [0.15, 0.2) is 4.90 Å². The molecule has 0 bridgehead atoms. The minimum absolute atomic E-state index is 0.283. The minimum Gasteiger partial charge on any atom is -0.279 e. The van der Waals surface area contributed by atoms with Crippen molar-refractivity contribution in [2.24, 2.45) is 0 Å². The maximum absolute atomic E-state index is 13.5. The van der Waals surface area contributed by atoms with Gasteiger partial charge in [-0.1, -0.05) is 24.3 Å². The second-order valence-electron chi connectivity index (χ2n) is 3.97. The van der Waals surface area contributed by atoms with Crippen molar-refractivity contribution < 1.29 is 17.2 Å². The van der Waals surface area contributed by atoms with Gasteiger partial charge in [-0.2, -0.15) is 0 Å². The largest absolute Gasteiger partial charge is 0.279 e. The molecule has 0 unspecified atom stereocenters. The van der Waals surface area contributed by atoms with Crippen molar-refractivity contribution in [3.8, 4) is 0 Å². The quantitative estimate of drug-likeness (QED) is 0.941. The first-order valence-electron chi connectivity index (χ1n) is 5.44. The Kier molecular flexibility index (Phi) is 3.53. The molecule has 0 radical (unpaired) electrons. The lowest BCUT2D eigenvalue weighted by atomic mass is 10.2. The molecule has 1 N–H and O–H groups in total. The van der Waals surface area contributed by atoms with Gasteiger partial charge >= 0.3 is 0 Å². The molecule has 0 aliphatic carbocycles. The van der Waals surface area contributed by atoms with Crippen molar-refractivity contribution in [2.45, 2.75) is 11.8 Å². The second-order valence-corrected chi connectivity index (χ2v) is 5.59. The van der Waals surface area contributed by atoms with Crippen LogP contribution < -0.4 is 4.72 Å². The fourth-order valence-corrected chi connectivity index (χ4v) is 2.89. The molecule has 100 valence electrons. The summed E-state index contributed by atoms with van der Waals surface area (Å²) in [7, 11) is -4.30. The van der Waals surface area contributed by atoms with Gasteiger partial charge in [0.2, 0.25) is 0 Å². The number of para-hydroxylation sites is 1. The van der Waals surface area contributed by atoms with Gasteiger partial charge in [-0.3, -0.25) is 4.72 Å². The standard InChI is InChI=1S/C13H11F2NO2S/c1-9-5-2-3-8-12(9)16-19(17,18)13-10(14)6-4-7-11(13)15/h2-8,16H,1H3. The highest BCUT2D eigenvalue weighted by Gasteiger charge is 2.24. The summed E-state index contributed by atoms with van der Waals surface area (Å²) < 4.78 is 53.2. The Morgan fingerprint density at radius 1 is 0.947 bits per heavy atom. The summed E-state index contributed by atoms with van der Waals surface area (Å²) in [5.41, 5.74) is 0.938. The van der Waals surface area contributed by atoms with Crippen molar-refractivity contribution in [3.63, 3.8) is 0 Å². The van der Waals surface area contributed by atoms with Crippen molar-refractivity contribution in [2.75, 3.05) is 4.72 Å². The first-order valence-corrected chi connectivity index (χ1v) is 6.92. The van der Waals surface area contributed by atoms with Crippen molar-refractivity contribution >= 4 is 15.7 Å². The van der Waals surface area contributed by atoms with Gasteiger partial charge in [0.25, 0.3) is 10.0 Å². The highest BCUT2D eigenvalue weighted by molar-refractivity contribution is 7.92. The summed E-state index contributed by atoms with van der Waals surface area (Å²) in [6.45, 7) is 1.69. The maximum Gasteiger partial charge on any atom is 0.267 e. The predicted molar refractivity (Wildman–Crippen MR) is 68.3 cm³/mol. The molecule has 2 rings (SSSR count). The molecule has 0 atom stereocenters. The van der Waals surface area contributed by atoms with Crippen LogP contribution in [0.3, 0.4) is 0 Å². The van der Waals surface area contributed by atoms with Crippen molar-refractivity contribution in [1.82, 2.24) is 0 Å². The number of aryl methyl sites for hydroxylation is 1.